The summed E-state index contributed by atoms with van der Waals surface area (Å²) in [4.78, 5) is 15.3. The largest absolute Gasteiger partial charge is 0.326 e. The molecule has 2 rings (SSSR count). The van der Waals surface area contributed by atoms with Gasteiger partial charge in [-0.1, -0.05) is 18.2 Å². The van der Waals surface area contributed by atoms with Gasteiger partial charge in [-0.05, 0) is 12.1 Å². The number of aromatic nitrogens is 3. The molecule has 16 heavy (non-hydrogen) atoms. The maximum Gasteiger partial charge on any atom is 0.226 e. The van der Waals surface area contributed by atoms with Crippen LogP contribution in [0.2, 0.25) is 0 Å². The van der Waals surface area contributed by atoms with E-state index in [2.05, 4.69) is 15.4 Å². The Labute approximate surface area is 93.1 Å². The molecule has 0 spiro atoms. The summed E-state index contributed by atoms with van der Waals surface area (Å²) >= 11 is 0. The summed E-state index contributed by atoms with van der Waals surface area (Å²) in [6.07, 6.45) is 3.43. The molecule has 5 nitrogen and oxygen atoms in total. The number of aryl methyl sites for hydroxylation is 1. The highest BCUT2D eigenvalue weighted by Crippen LogP contribution is 2.05. The van der Waals surface area contributed by atoms with E-state index >= 15 is 0 Å². The minimum absolute atomic E-state index is 0.0262. The van der Waals surface area contributed by atoms with Crippen molar-refractivity contribution in [3.8, 4) is 0 Å². The van der Waals surface area contributed by atoms with Crippen molar-refractivity contribution in [3.05, 3.63) is 43.0 Å². The third-order valence-corrected chi connectivity index (χ3v) is 2.09. The lowest BCUT2D eigenvalue weighted by atomic mass is 10.3. The van der Waals surface area contributed by atoms with Crippen molar-refractivity contribution in [2.24, 2.45) is 0 Å². The zero-order chi connectivity index (χ0) is 11.2. The van der Waals surface area contributed by atoms with E-state index in [0.717, 1.165) is 5.69 Å². The number of nitrogens with zero attached hydrogens (tertiary/aromatic N) is 3. The second-order valence-electron chi connectivity index (χ2n) is 3.32. The van der Waals surface area contributed by atoms with Crippen molar-refractivity contribution in [2.75, 3.05) is 5.32 Å². The van der Waals surface area contributed by atoms with E-state index in [1.54, 1.807) is 11.0 Å². The summed E-state index contributed by atoms with van der Waals surface area (Å²) in [5.41, 5.74) is 0.811. The predicted molar refractivity (Wildman–Crippen MR) is 59.7 cm³/mol. The molecule has 0 atom stereocenters. The number of hydrogen-bond acceptors (Lipinski definition) is 3. The van der Waals surface area contributed by atoms with E-state index in [1.165, 1.54) is 6.33 Å². The summed E-state index contributed by atoms with van der Waals surface area (Å²) in [6, 6.07) is 9.38. The Bertz CT molecular complexity index is 438. The molecule has 0 radical (unpaired) electrons. The molecule has 0 saturated carbocycles. The minimum atomic E-state index is -0.0262. The van der Waals surface area contributed by atoms with Crippen LogP contribution in [-0.4, -0.2) is 20.7 Å². The van der Waals surface area contributed by atoms with E-state index in [0.29, 0.717) is 13.0 Å². The fraction of sp³-hybridized carbons (Fsp3) is 0.182. The van der Waals surface area contributed by atoms with Crippen LogP contribution < -0.4 is 5.32 Å². The van der Waals surface area contributed by atoms with E-state index in [1.807, 2.05) is 30.3 Å². The van der Waals surface area contributed by atoms with Crippen LogP contribution in [0, 0.1) is 0 Å². The Morgan fingerprint density at radius 3 is 2.81 bits per heavy atom. The van der Waals surface area contributed by atoms with Crippen LogP contribution in [0.15, 0.2) is 43.0 Å². The highest BCUT2D eigenvalue weighted by atomic mass is 16.1. The van der Waals surface area contributed by atoms with Gasteiger partial charge in [-0.25, -0.2) is 4.98 Å². The number of benzene rings is 1. The topological polar surface area (TPSA) is 59.8 Å². The molecule has 2 aromatic rings. The second-order valence-corrected chi connectivity index (χ2v) is 3.32. The van der Waals surface area contributed by atoms with Gasteiger partial charge in [0.05, 0.1) is 6.54 Å². The number of nitrogens with one attached hydrogen (secondary N) is 1. The van der Waals surface area contributed by atoms with Crippen LogP contribution in [0.5, 0.6) is 0 Å². The lowest BCUT2D eigenvalue weighted by Gasteiger charge is -2.04. The van der Waals surface area contributed by atoms with Gasteiger partial charge in [0.15, 0.2) is 0 Å². The molecule has 1 aromatic carbocycles. The molecule has 0 bridgehead atoms. The maximum atomic E-state index is 11.5. The van der Waals surface area contributed by atoms with Crippen molar-refractivity contribution in [1.29, 1.82) is 0 Å². The second kappa shape index (κ2) is 5.06. The van der Waals surface area contributed by atoms with Gasteiger partial charge >= 0.3 is 0 Å². The van der Waals surface area contributed by atoms with E-state index in [9.17, 15) is 4.79 Å². The van der Waals surface area contributed by atoms with Gasteiger partial charge in [0, 0.05) is 12.1 Å². The van der Waals surface area contributed by atoms with Gasteiger partial charge in [0.2, 0.25) is 5.91 Å². The van der Waals surface area contributed by atoms with Crippen LogP contribution in [0.1, 0.15) is 6.42 Å². The monoisotopic (exact) mass is 216 g/mol. The van der Waals surface area contributed by atoms with E-state index < -0.39 is 0 Å². The highest BCUT2D eigenvalue weighted by Gasteiger charge is 2.02. The van der Waals surface area contributed by atoms with Gasteiger partial charge in [-0.3, -0.25) is 9.48 Å². The Kier molecular flexibility index (Phi) is 3.28. The van der Waals surface area contributed by atoms with E-state index in [-0.39, 0.29) is 5.91 Å². The summed E-state index contributed by atoms with van der Waals surface area (Å²) in [5.74, 6) is -0.0262. The number of hydrogen-bond donors (Lipinski definition) is 1. The number of amides is 1. The summed E-state index contributed by atoms with van der Waals surface area (Å²) in [6.45, 7) is 0.540. The molecule has 1 N–H and O–H groups in total. The van der Waals surface area contributed by atoms with Gasteiger partial charge in [0.25, 0.3) is 0 Å². The van der Waals surface area contributed by atoms with Gasteiger partial charge < -0.3 is 5.32 Å². The number of carbonyl (C=O) groups is 1. The molecule has 0 saturated heterocycles. The molecule has 0 aliphatic heterocycles. The van der Waals surface area contributed by atoms with Crippen molar-refractivity contribution >= 4 is 11.6 Å². The number of rotatable bonds is 4. The molecule has 0 unspecified atom stereocenters. The van der Waals surface area contributed by atoms with Crippen LogP contribution >= 0.6 is 0 Å². The third kappa shape index (κ3) is 2.91. The lowest BCUT2D eigenvalue weighted by molar-refractivity contribution is -0.116. The Hall–Kier alpha value is -2.17. The van der Waals surface area contributed by atoms with Gasteiger partial charge in [0.1, 0.15) is 12.7 Å². The molecular weight excluding hydrogens is 204 g/mol. The minimum Gasteiger partial charge on any atom is -0.326 e. The molecule has 0 aliphatic carbocycles. The van der Waals surface area contributed by atoms with Crippen LogP contribution in [0.25, 0.3) is 0 Å². The average molecular weight is 216 g/mol. The van der Waals surface area contributed by atoms with E-state index in [4.69, 9.17) is 0 Å². The molecule has 0 aliphatic rings. The molecule has 1 aromatic heterocycles. The fourth-order valence-electron chi connectivity index (χ4n) is 1.31. The van der Waals surface area contributed by atoms with Gasteiger partial charge in [-0.2, -0.15) is 5.10 Å². The quantitative estimate of drug-likeness (QED) is 0.838. The molecule has 1 amide bonds. The maximum absolute atomic E-state index is 11.5. The Morgan fingerprint density at radius 1 is 1.31 bits per heavy atom. The predicted octanol–water partition coefficient (Wildman–Crippen LogP) is 1.31. The molecule has 1 heterocycles. The van der Waals surface area contributed by atoms with Crippen molar-refractivity contribution in [3.63, 3.8) is 0 Å². The zero-order valence-electron chi connectivity index (χ0n) is 8.71. The van der Waals surface area contributed by atoms with Crippen LogP contribution in [0.3, 0.4) is 0 Å². The molecule has 5 heteroatoms. The molecule has 0 fully saturated rings. The fourth-order valence-corrected chi connectivity index (χ4v) is 1.31. The molecular formula is C11H12N4O. The third-order valence-electron chi connectivity index (χ3n) is 2.09. The number of anilines is 1. The summed E-state index contributed by atoms with van der Waals surface area (Å²) < 4.78 is 1.63. The van der Waals surface area contributed by atoms with Crippen molar-refractivity contribution in [1.82, 2.24) is 14.8 Å². The summed E-state index contributed by atoms with van der Waals surface area (Å²) in [7, 11) is 0. The SMILES string of the molecule is O=C(CCn1cncn1)Nc1ccccc1. The average Bonchev–Trinajstić information content (AvgIpc) is 2.81. The lowest BCUT2D eigenvalue weighted by Crippen LogP contribution is -2.14. The first-order chi connectivity index (χ1) is 7.84. The number of carbonyl (C=O) groups excluding carboxylic acids is 1. The number of para-hydroxylation sites is 1. The Morgan fingerprint density at radius 2 is 2.12 bits per heavy atom. The first-order valence-corrected chi connectivity index (χ1v) is 5.02. The highest BCUT2D eigenvalue weighted by molar-refractivity contribution is 5.90. The van der Waals surface area contributed by atoms with Crippen LogP contribution in [0.4, 0.5) is 5.69 Å². The standard InChI is InChI=1S/C11H12N4O/c16-11(6-7-15-9-12-8-13-15)14-10-4-2-1-3-5-10/h1-5,8-9H,6-7H2,(H,14,16). The first-order valence-electron chi connectivity index (χ1n) is 5.02. The van der Waals surface area contributed by atoms with Crippen molar-refractivity contribution in [2.45, 2.75) is 13.0 Å². The first kappa shape index (κ1) is 10.4. The molecule has 82 valence electrons. The normalized spacial score (nSPS) is 10.0. The zero-order valence-corrected chi connectivity index (χ0v) is 8.71. The van der Waals surface area contributed by atoms with Crippen LogP contribution in [-0.2, 0) is 11.3 Å². The summed E-state index contributed by atoms with van der Waals surface area (Å²) in [5, 5.41) is 6.72. The smallest absolute Gasteiger partial charge is 0.226 e. The Balaban J connectivity index is 1.81. The van der Waals surface area contributed by atoms with Gasteiger partial charge in [-0.15, -0.1) is 0 Å². The van der Waals surface area contributed by atoms with Crippen molar-refractivity contribution < 1.29 is 4.79 Å².